The van der Waals surface area contributed by atoms with Gasteiger partial charge in [-0.1, -0.05) is 5.16 Å². The molecule has 0 radical (unpaired) electrons. The largest absolute Gasteiger partial charge is 0.381 e. The van der Waals surface area contributed by atoms with Crippen LogP contribution in [-0.2, 0) is 20.9 Å². The number of aromatic amines is 1. The summed E-state index contributed by atoms with van der Waals surface area (Å²) in [5, 5.41) is 13.6. The van der Waals surface area contributed by atoms with Gasteiger partial charge in [-0.05, 0) is 19.8 Å². The zero-order valence-corrected chi connectivity index (χ0v) is 13.0. The summed E-state index contributed by atoms with van der Waals surface area (Å²) in [6.07, 6.45) is 1.94. The van der Waals surface area contributed by atoms with Crippen LogP contribution in [0.4, 0.5) is 5.82 Å². The molecule has 0 aromatic carbocycles. The Morgan fingerprint density at radius 3 is 3.00 bits per heavy atom. The van der Waals surface area contributed by atoms with E-state index >= 15 is 0 Å². The summed E-state index contributed by atoms with van der Waals surface area (Å²) in [7, 11) is 0. The molecule has 0 aliphatic carbocycles. The maximum absolute atomic E-state index is 11.8. The first kappa shape index (κ1) is 15.7. The Bertz CT molecular complexity index is 645. The summed E-state index contributed by atoms with van der Waals surface area (Å²) < 4.78 is 15.6. The summed E-state index contributed by atoms with van der Waals surface area (Å²) in [6.45, 7) is 3.50. The van der Waals surface area contributed by atoms with Crippen LogP contribution in [0.3, 0.4) is 0 Å². The molecule has 8 nitrogen and oxygen atoms in total. The molecule has 23 heavy (non-hydrogen) atoms. The second-order valence-electron chi connectivity index (χ2n) is 5.57. The minimum atomic E-state index is -0.258. The lowest BCUT2D eigenvalue weighted by molar-refractivity contribution is -0.121. The quantitative estimate of drug-likeness (QED) is 0.840. The number of hydrogen-bond donors (Lipinski definition) is 2. The maximum atomic E-state index is 11.8. The van der Waals surface area contributed by atoms with Gasteiger partial charge < -0.3 is 19.3 Å². The molecule has 0 spiro atoms. The number of hydrogen-bond acceptors (Lipinski definition) is 6. The molecular weight excluding hydrogens is 300 g/mol. The highest BCUT2D eigenvalue weighted by Crippen LogP contribution is 2.26. The van der Waals surface area contributed by atoms with Crippen molar-refractivity contribution in [1.82, 2.24) is 15.4 Å². The van der Waals surface area contributed by atoms with E-state index in [1.54, 1.807) is 6.07 Å². The SMILES string of the molecule is Cc1cc(COCC(=O)Nc2cc(C3CCOCC3)[nH]n2)on1. The second kappa shape index (κ2) is 7.38. The minimum absolute atomic E-state index is 0.0702. The number of carbonyl (C=O) groups excluding carboxylic acids is 1. The highest BCUT2D eigenvalue weighted by Gasteiger charge is 2.18. The molecule has 0 atom stereocenters. The van der Waals surface area contributed by atoms with E-state index in [1.165, 1.54) is 0 Å². The van der Waals surface area contributed by atoms with Gasteiger partial charge in [0.05, 0.1) is 5.69 Å². The summed E-state index contributed by atoms with van der Waals surface area (Å²) in [5.74, 6) is 1.26. The number of aryl methyl sites for hydroxylation is 1. The molecule has 2 aromatic rings. The van der Waals surface area contributed by atoms with Crippen LogP contribution in [-0.4, -0.2) is 41.1 Å². The number of carbonyl (C=O) groups is 1. The summed E-state index contributed by atoms with van der Waals surface area (Å²) >= 11 is 0. The molecule has 0 saturated carbocycles. The third kappa shape index (κ3) is 4.40. The van der Waals surface area contributed by atoms with Crippen LogP contribution in [0.25, 0.3) is 0 Å². The van der Waals surface area contributed by atoms with E-state index < -0.39 is 0 Å². The van der Waals surface area contributed by atoms with Crippen molar-refractivity contribution < 1.29 is 18.8 Å². The number of nitrogens with zero attached hydrogens (tertiary/aromatic N) is 2. The summed E-state index contributed by atoms with van der Waals surface area (Å²) in [5.41, 5.74) is 1.81. The number of nitrogens with one attached hydrogen (secondary N) is 2. The number of aromatic nitrogens is 3. The highest BCUT2D eigenvalue weighted by molar-refractivity contribution is 5.90. The minimum Gasteiger partial charge on any atom is -0.381 e. The van der Waals surface area contributed by atoms with Crippen molar-refractivity contribution in [3.63, 3.8) is 0 Å². The van der Waals surface area contributed by atoms with Crippen LogP contribution in [0.2, 0.25) is 0 Å². The molecule has 1 amide bonds. The van der Waals surface area contributed by atoms with Crippen LogP contribution < -0.4 is 5.32 Å². The Labute approximate surface area is 133 Å². The lowest BCUT2D eigenvalue weighted by Gasteiger charge is -2.20. The molecule has 0 unspecified atom stereocenters. The molecule has 2 aromatic heterocycles. The molecule has 124 valence electrons. The van der Waals surface area contributed by atoms with Crippen LogP contribution in [0.1, 0.15) is 35.9 Å². The van der Waals surface area contributed by atoms with Crippen molar-refractivity contribution in [3.8, 4) is 0 Å². The van der Waals surface area contributed by atoms with E-state index in [0.29, 0.717) is 17.5 Å². The fraction of sp³-hybridized carbons (Fsp3) is 0.533. The lowest BCUT2D eigenvalue weighted by Crippen LogP contribution is -2.18. The van der Waals surface area contributed by atoms with Gasteiger partial charge in [0, 0.05) is 37.0 Å². The van der Waals surface area contributed by atoms with Gasteiger partial charge in [-0.25, -0.2) is 0 Å². The van der Waals surface area contributed by atoms with E-state index in [9.17, 15) is 4.79 Å². The van der Waals surface area contributed by atoms with E-state index in [2.05, 4.69) is 20.7 Å². The molecule has 1 aliphatic heterocycles. The number of H-pyrrole nitrogens is 1. The van der Waals surface area contributed by atoms with Crippen molar-refractivity contribution in [3.05, 3.63) is 29.3 Å². The number of amides is 1. The average molecular weight is 320 g/mol. The first-order chi connectivity index (χ1) is 11.2. The summed E-state index contributed by atoms with van der Waals surface area (Å²) in [4.78, 5) is 11.8. The Balaban J connectivity index is 1.43. The fourth-order valence-corrected chi connectivity index (χ4v) is 2.53. The smallest absolute Gasteiger partial charge is 0.251 e. The number of anilines is 1. The number of ether oxygens (including phenoxy) is 2. The monoisotopic (exact) mass is 320 g/mol. The summed E-state index contributed by atoms with van der Waals surface area (Å²) in [6, 6.07) is 3.64. The average Bonchev–Trinajstić information content (AvgIpc) is 3.17. The molecule has 1 fully saturated rings. The third-order valence-electron chi connectivity index (χ3n) is 3.68. The van der Waals surface area contributed by atoms with E-state index in [0.717, 1.165) is 37.4 Å². The Kier molecular flexibility index (Phi) is 5.04. The van der Waals surface area contributed by atoms with Gasteiger partial charge in [-0.3, -0.25) is 9.89 Å². The van der Waals surface area contributed by atoms with Crippen molar-refractivity contribution in [2.45, 2.75) is 32.3 Å². The Morgan fingerprint density at radius 1 is 1.43 bits per heavy atom. The van der Waals surface area contributed by atoms with Crippen LogP contribution in [0.5, 0.6) is 0 Å². The molecule has 1 aliphatic rings. The Morgan fingerprint density at radius 2 is 2.26 bits per heavy atom. The normalized spacial score (nSPS) is 15.7. The van der Waals surface area contributed by atoms with Crippen molar-refractivity contribution in [2.24, 2.45) is 0 Å². The van der Waals surface area contributed by atoms with Crippen molar-refractivity contribution >= 4 is 11.7 Å². The zero-order chi connectivity index (χ0) is 16.1. The topological polar surface area (TPSA) is 102 Å². The van der Waals surface area contributed by atoms with Gasteiger partial charge in [-0.2, -0.15) is 5.10 Å². The molecule has 3 rings (SSSR count). The third-order valence-corrected chi connectivity index (χ3v) is 3.68. The van der Waals surface area contributed by atoms with Crippen LogP contribution in [0.15, 0.2) is 16.7 Å². The zero-order valence-electron chi connectivity index (χ0n) is 13.0. The van der Waals surface area contributed by atoms with Crippen LogP contribution in [0, 0.1) is 6.92 Å². The van der Waals surface area contributed by atoms with Gasteiger partial charge in [0.2, 0.25) is 0 Å². The standard InChI is InChI=1S/C15H20N4O4/c1-10-6-12(23-19-10)8-22-9-15(20)16-14-7-13(17-18-14)11-2-4-21-5-3-11/h6-7,11H,2-5,8-9H2,1H3,(H2,16,17,18,20). The second-order valence-corrected chi connectivity index (χ2v) is 5.57. The molecule has 8 heteroatoms. The first-order valence-electron chi connectivity index (χ1n) is 7.63. The predicted molar refractivity (Wildman–Crippen MR) is 80.9 cm³/mol. The molecular formula is C15H20N4O4. The van der Waals surface area contributed by atoms with Crippen LogP contribution >= 0.6 is 0 Å². The van der Waals surface area contributed by atoms with E-state index in [4.69, 9.17) is 14.0 Å². The van der Waals surface area contributed by atoms with Gasteiger partial charge in [0.15, 0.2) is 11.6 Å². The first-order valence-corrected chi connectivity index (χ1v) is 7.63. The van der Waals surface area contributed by atoms with Gasteiger partial charge in [-0.15, -0.1) is 0 Å². The molecule has 1 saturated heterocycles. The number of rotatable bonds is 6. The molecule has 3 heterocycles. The van der Waals surface area contributed by atoms with Gasteiger partial charge in [0.25, 0.3) is 5.91 Å². The maximum Gasteiger partial charge on any atom is 0.251 e. The van der Waals surface area contributed by atoms with Gasteiger partial charge in [0.1, 0.15) is 13.2 Å². The van der Waals surface area contributed by atoms with E-state index in [-0.39, 0.29) is 19.1 Å². The predicted octanol–water partition coefficient (Wildman–Crippen LogP) is 1.76. The molecule has 0 bridgehead atoms. The Hall–Kier alpha value is -2.19. The van der Waals surface area contributed by atoms with Crippen molar-refractivity contribution in [2.75, 3.05) is 25.1 Å². The van der Waals surface area contributed by atoms with E-state index in [1.807, 2.05) is 13.0 Å². The lowest BCUT2D eigenvalue weighted by atomic mass is 9.97. The van der Waals surface area contributed by atoms with Crippen molar-refractivity contribution in [1.29, 1.82) is 0 Å². The van der Waals surface area contributed by atoms with Gasteiger partial charge >= 0.3 is 0 Å². The highest BCUT2D eigenvalue weighted by atomic mass is 16.5. The molecule has 2 N–H and O–H groups in total. The fourth-order valence-electron chi connectivity index (χ4n) is 2.53.